The summed E-state index contributed by atoms with van der Waals surface area (Å²) in [5, 5.41) is -0.0388. The van der Waals surface area contributed by atoms with E-state index in [9.17, 15) is 9.59 Å². The molecule has 1 aliphatic heterocycles. The molecular formula is C17H22N2O3S. The number of methoxy groups -OCH3 is 1. The Labute approximate surface area is 141 Å². The summed E-state index contributed by atoms with van der Waals surface area (Å²) in [6, 6.07) is 7.80. The van der Waals surface area contributed by atoms with Crippen LogP contribution in [-0.4, -0.2) is 54.6 Å². The van der Waals surface area contributed by atoms with Crippen LogP contribution >= 0.6 is 11.8 Å². The number of hydrogen-bond donors (Lipinski definition) is 0. The van der Waals surface area contributed by atoms with E-state index in [1.165, 1.54) is 0 Å². The first-order valence-corrected chi connectivity index (χ1v) is 8.95. The Morgan fingerprint density at radius 3 is 2.83 bits per heavy atom. The maximum absolute atomic E-state index is 12.2. The Balaban J connectivity index is 1.68. The maximum Gasteiger partial charge on any atom is 0.233 e. The molecule has 5 nitrogen and oxygen atoms in total. The number of thioether (sulfide) groups is 1. The predicted octanol–water partition coefficient (Wildman–Crippen LogP) is 2.14. The van der Waals surface area contributed by atoms with Gasteiger partial charge in [-0.3, -0.25) is 9.59 Å². The summed E-state index contributed by atoms with van der Waals surface area (Å²) in [5.74, 6) is 1.82. The lowest BCUT2D eigenvalue weighted by Gasteiger charge is -2.27. The number of carbonyl (C=O) groups excluding carboxylic acids is 2. The molecule has 3 rings (SSSR count). The van der Waals surface area contributed by atoms with Gasteiger partial charge in [0.2, 0.25) is 11.8 Å². The van der Waals surface area contributed by atoms with Gasteiger partial charge >= 0.3 is 0 Å². The van der Waals surface area contributed by atoms with E-state index in [-0.39, 0.29) is 23.1 Å². The fraction of sp³-hybridized carbons (Fsp3) is 0.529. The van der Waals surface area contributed by atoms with Gasteiger partial charge in [-0.25, -0.2) is 0 Å². The number of likely N-dealkylation sites (N-methyl/N-ethyl adjacent to an activating group) is 1. The van der Waals surface area contributed by atoms with Crippen LogP contribution in [0.5, 0.6) is 5.75 Å². The van der Waals surface area contributed by atoms with Gasteiger partial charge in [0.15, 0.2) is 0 Å². The van der Waals surface area contributed by atoms with Crippen LogP contribution in [0.1, 0.15) is 23.8 Å². The third kappa shape index (κ3) is 3.47. The van der Waals surface area contributed by atoms with Gasteiger partial charge in [0.25, 0.3) is 0 Å². The zero-order valence-electron chi connectivity index (χ0n) is 13.5. The van der Waals surface area contributed by atoms with Crippen molar-refractivity contribution in [3.63, 3.8) is 0 Å². The van der Waals surface area contributed by atoms with Crippen molar-refractivity contribution < 1.29 is 14.3 Å². The smallest absolute Gasteiger partial charge is 0.233 e. The van der Waals surface area contributed by atoms with Crippen molar-refractivity contribution in [3.8, 4) is 5.75 Å². The second kappa shape index (κ2) is 6.83. The van der Waals surface area contributed by atoms with E-state index in [0.29, 0.717) is 18.8 Å². The lowest BCUT2D eigenvalue weighted by Crippen LogP contribution is -2.38. The highest BCUT2D eigenvalue weighted by molar-refractivity contribution is 8.00. The summed E-state index contributed by atoms with van der Waals surface area (Å²) in [7, 11) is 3.47. The van der Waals surface area contributed by atoms with Crippen LogP contribution in [0.2, 0.25) is 0 Å². The number of nitrogens with zero attached hydrogens (tertiary/aromatic N) is 2. The summed E-state index contributed by atoms with van der Waals surface area (Å²) in [5.41, 5.74) is 1.02. The van der Waals surface area contributed by atoms with Gasteiger partial charge in [0, 0.05) is 31.6 Å². The molecule has 1 saturated heterocycles. The molecule has 1 heterocycles. The number of amides is 2. The van der Waals surface area contributed by atoms with Gasteiger partial charge in [-0.2, -0.15) is 0 Å². The van der Waals surface area contributed by atoms with Crippen LogP contribution in [-0.2, 0) is 9.59 Å². The quantitative estimate of drug-likeness (QED) is 0.800. The van der Waals surface area contributed by atoms with Gasteiger partial charge < -0.3 is 14.5 Å². The summed E-state index contributed by atoms with van der Waals surface area (Å²) in [6.07, 6.45) is 2.01. The zero-order chi connectivity index (χ0) is 16.4. The van der Waals surface area contributed by atoms with Crippen molar-refractivity contribution in [2.75, 3.05) is 33.0 Å². The Kier molecular flexibility index (Phi) is 4.80. The van der Waals surface area contributed by atoms with Crippen LogP contribution in [0, 0.1) is 5.92 Å². The SMILES string of the molecule is COc1ccccc1C1SCC(=O)N1CCN(C)C(=O)C1CC1. The lowest BCUT2D eigenvalue weighted by atomic mass is 10.2. The molecular weight excluding hydrogens is 312 g/mol. The largest absolute Gasteiger partial charge is 0.496 e. The zero-order valence-corrected chi connectivity index (χ0v) is 14.3. The normalized spacial score (nSPS) is 20.7. The fourth-order valence-corrected chi connectivity index (χ4v) is 4.08. The van der Waals surface area contributed by atoms with Crippen LogP contribution in [0.3, 0.4) is 0 Å². The molecule has 23 heavy (non-hydrogen) atoms. The van der Waals surface area contributed by atoms with E-state index in [1.54, 1.807) is 23.8 Å². The molecule has 6 heteroatoms. The molecule has 2 aliphatic rings. The van der Waals surface area contributed by atoms with Gasteiger partial charge in [-0.05, 0) is 18.9 Å². The van der Waals surface area contributed by atoms with Crippen LogP contribution in [0.25, 0.3) is 0 Å². The molecule has 1 saturated carbocycles. The van der Waals surface area contributed by atoms with Gasteiger partial charge in [0.1, 0.15) is 11.1 Å². The molecule has 1 aliphatic carbocycles. The minimum Gasteiger partial charge on any atom is -0.496 e. The van der Waals surface area contributed by atoms with Gasteiger partial charge in [-0.1, -0.05) is 18.2 Å². The van der Waals surface area contributed by atoms with Crippen molar-refractivity contribution in [1.82, 2.24) is 9.80 Å². The molecule has 2 amide bonds. The summed E-state index contributed by atoms with van der Waals surface area (Å²) >= 11 is 1.61. The van der Waals surface area contributed by atoms with E-state index in [1.807, 2.05) is 36.2 Å². The summed E-state index contributed by atoms with van der Waals surface area (Å²) in [4.78, 5) is 27.9. The predicted molar refractivity (Wildman–Crippen MR) is 90.3 cm³/mol. The van der Waals surface area contributed by atoms with Gasteiger partial charge in [-0.15, -0.1) is 11.8 Å². The average Bonchev–Trinajstić information content (AvgIpc) is 3.36. The Bertz CT molecular complexity index is 603. The van der Waals surface area contributed by atoms with E-state index >= 15 is 0 Å². The highest BCUT2D eigenvalue weighted by Crippen LogP contribution is 2.42. The molecule has 0 aromatic heterocycles. The number of para-hydroxylation sites is 1. The van der Waals surface area contributed by atoms with Crippen molar-refractivity contribution in [3.05, 3.63) is 29.8 Å². The third-order valence-corrected chi connectivity index (χ3v) is 5.59. The minimum atomic E-state index is -0.0388. The van der Waals surface area contributed by atoms with Crippen molar-refractivity contribution >= 4 is 23.6 Å². The summed E-state index contributed by atoms with van der Waals surface area (Å²) in [6.45, 7) is 1.14. The fourth-order valence-electron chi connectivity index (χ4n) is 2.83. The number of carbonyl (C=O) groups is 2. The van der Waals surface area contributed by atoms with E-state index < -0.39 is 0 Å². The minimum absolute atomic E-state index is 0.0388. The molecule has 0 bridgehead atoms. The van der Waals surface area contributed by atoms with E-state index in [0.717, 1.165) is 24.2 Å². The molecule has 1 aromatic carbocycles. The van der Waals surface area contributed by atoms with Gasteiger partial charge in [0.05, 0.1) is 12.9 Å². The van der Waals surface area contributed by atoms with Crippen LogP contribution in [0.4, 0.5) is 0 Å². The lowest BCUT2D eigenvalue weighted by molar-refractivity contribution is -0.133. The highest BCUT2D eigenvalue weighted by Gasteiger charge is 2.36. The molecule has 124 valence electrons. The molecule has 0 spiro atoms. The topological polar surface area (TPSA) is 49.9 Å². The van der Waals surface area contributed by atoms with Crippen molar-refractivity contribution in [2.24, 2.45) is 5.92 Å². The van der Waals surface area contributed by atoms with Crippen molar-refractivity contribution in [2.45, 2.75) is 18.2 Å². The first kappa shape index (κ1) is 16.2. The molecule has 1 aromatic rings. The first-order valence-electron chi connectivity index (χ1n) is 7.90. The monoisotopic (exact) mass is 334 g/mol. The number of ether oxygens (including phenoxy) is 1. The first-order chi connectivity index (χ1) is 11.1. The maximum atomic E-state index is 12.2. The molecule has 0 N–H and O–H groups in total. The second-order valence-electron chi connectivity index (χ2n) is 6.03. The Morgan fingerprint density at radius 1 is 1.39 bits per heavy atom. The Morgan fingerprint density at radius 2 is 2.13 bits per heavy atom. The Hall–Kier alpha value is -1.69. The molecule has 1 atom stereocenters. The number of benzene rings is 1. The molecule has 1 unspecified atom stereocenters. The van der Waals surface area contributed by atoms with Crippen LogP contribution in [0.15, 0.2) is 24.3 Å². The second-order valence-corrected chi connectivity index (χ2v) is 7.10. The van der Waals surface area contributed by atoms with Crippen LogP contribution < -0.4 is 4.74 Å². The molecule has 0 radical (unpaired) electrons. The number of rotatable bonds is 6. The van der Waals surface area contributed by atoms with Crippen molar-refractivity contribution in [1.29, 1.82) is 0 Å². The average molecular weight is 334 g/mol. The van der Waals surface area contributed by atoms with E-state index in [4.69, 9.17) is 4.74 Å². The third-order valence-electron chi connectivity index (χ3n) is 4.35. The molecule has 2 fully saturated rings. The highest BCUT2D eigenvalue weighted by atomic mass is 32.2. The summed E-state index contributed by atoms with van der Waals surface area (Å²) < 4.78 is 5.43. The standard InChI is InChI=1S/C17H22N2O3S/c1-18(16(21)12-7-8-12)9-10-19-15(20)11-23-17(19)13-5-3-4-6-14(13)22-2/h3-6,12,17H,7-11H2,1-2H3. The van der Waals surface area contributed by atoms with E-state index in [2.05, 4.69) is 0 Å². The number of hydrogen-bond acceptors (Lipinski definition) is 4.